The Hall–Kier alpha value is -3.79. The van der Waals surface area contributed by atoms with E-state index < -0.39 is 0 Å². The number of aromatic nitrogens is 3. The lowest BCUT2D eigenvalue weighted by atomic mass is 9.66. The first-order valence-corrected chi connectivity index (χ1v) is 19.1. The van der Waals surface area contributed by atoms with Gasteiger partial charge in [-0.3, -0.25) is 14.8 Å². The highest BCUT2D eigenvalue weighted by Crippen LogP contribution is 2.61. The second-order valence-corrected chi connectivity index (χ2v) is 18.1. The van der Waals surface area contributed by atoms with Crippen LogP contribution < -0.4 is 0 Å². The van der Waals surface area contributed by atoms with Crippen LogP contribution >= 0.6 is 0 Å². The molecule has 8 bridgehead atoms. The molecule has 4 nitrogen and oxygen atoms in total. The van der Waals surface area contributed by atoms with Crippen LogP contribution in [0.2, 0.25) is 0 Å². The summed E-state index contributed by atoms with van der Waals surface area (Å²) in [7, 11) is 0. The molecule has 0 spiro atoms. The van der Waals surface area contributed by atoms with Crippen LogP contribution in [0.1, 0.15) is 151 Å². The maximum absolute atomic E-state index is 15.0. The van der Waals surface area contributed by atoms with Gasteiger partial charge in [0.2, 0.25) is 0 Å². The maximum atomic E-state index is 15.0. The first-order chi connectivity index (χ1) is 23.4. The molecule has 0 amide bonds. The van der Waals surface area contributed by atoms with Crippen LogP contribution in [0, 0.1) is 23.7 Å². The van der Waals surface area contributed by atoms with E-state index in [0.717, 1.165) is 40.4 Å². The van der Waals surface area contributed by atoms with Crippen LogP contribution in [0.15, 0.2) is 42.7 Å². The second-order valence-electron chi connectivity index (χ2n) is 18.1. The number of pyridine rings is 2. The van der Waals surface area contributed by atoms with Crippen molar-refractivity contribution in [2.45, 2.75) is 107 Å². The number of hydrogen-bond acceptors (Lipinski definition) is 3. The lowest BCUT2D eigenvalue weighted by molar-refractivity contribution is 0.103. The molecular weight excluding hydrogens is 587 g/mol. The zero-order chi connectivity index (χ0) is 31.4. The molecule has 15 rings (SSSR count). The van der Waals surface area contributed by atoms with Crippen LogP contribution in [0.25, 0.3) is 38.1 Å². The molecule has 2 aromatic carbocycles. The van der Waals surface area contributed by atoms with Gasteiger partial charge in [0.1, 0.15) is 0 Å². The molecule has 4 saturated carbocycles. The molecule has 48 heavy (non-hydrogen) atoms. The van der Waals surface area contributed by atoms with Crippen molar-refractivity contribution in [1.82, 2.24) is 14.4 Å². The number of nitrogens with zero attached hydrogens (tertiary/aromatic N) is 3. The quantitative estimate of drug-likeness (QED) is 0.168. The van der Waals surface area contributed by atoms with E-state index >= 15 is 4.79 Å². The summed E-state index contributed by atoms with van der Waals surface area (Å²) >= 11 is 0. The van der Waals surface area contributed by atoms with Gasteiger partial charge in [-0.2, -0.15) is 0 Å². The third-order valence-electron chi connectivity index (χ3n) is 15.4. The molecule has 4 fully saturated rings. The fraction of sp³-hybridized carbons (Fsp3) is 0.477. The zero-order valence-corrected chi connectivity index (χ0v) is 28.0. The average molecular weight is 628 g/mol. The van der Waals surface area contributed by atoms with Crippen molar-refractivity contribution >= 4 is 43.9 Å². The van der Waals surface area contributed by atoms with E-state index in [1.54, 1.807) is 5.56 Å². The van der Waals surface area contributed by atoms with Gasteiger partial charge in [-0.05, 0) is 128 Å². The third-order valence-corrected chi connectivity index (χ3v) is 15.4. The third kappa shape index (κ3) is 2.90. The summed E-state index contributed by atoms with van der Waals surface area (Å²) in [5, 5.41) is 5.40. The van der Waals surface area contributed by atoms with Gasteiger partial charge in [-0.25, -0.2) is 0 Å². The lowest BCUT2D eigenvalue weighted by Crippen LogP contribution is -2.30. The van der Waals surface area contributed by atoms with E-state index in [2.05, 4.69) is 61.0 Å². The molecule has 9 aliphatic rings. The summed E-state index contributed by atoms with van der Waals surface area (Å²) in [5.41, 5.74) is 13.5. The molecule has 0 radical (unpaired) electrons. The molecule has 4 atom stereocenters. The fourth-order valence-corrected chi connectivity index (χ4v) is 14.0. The minimum Gasteiger partial charge on any atom is -0.305 e. The predicted octanol–water partition coefficient (Wildman–Crippen LogP) is 10.3. The fourth-order valence-electron chi connectivity index (χ4n) is 14.0. The van der Waals surface area contributed by atoms with Crippen molar-refractivity contribution in [2.24, 2.45) is 23.7 Å². The highest BCUT2D eigenvalue weighted by molar-refractivity contribution is 6.32. The Morgan fingerprint density at radius 1 is 0.646 bits per heavy atom. The molecule has 238 valence electrons. The highest BCUT2D eigenvalue weighted by atomic mass is 16.1. The van der Waals surface area contributed by atoms with Gasteiger partial charge in [0.05, 0.1) is 28.9 Å². The number of hydrogen-bond donors (Lipinski definition) is 0. The Morgan fingerprint density at radius 2 is 1.19 bits per heavy atom. The predicted molar refractivity (Wildman–Crippen MR) is 190 cm³/mol. The van der Waals surface area contributed by atoms with Crippen molar-refractivity contribution in [2.75, 3.05) is 0 Å². The van der Waals surface area contributed by atoms with Gasteiger partial charge in [-0.15, -0.1) is 0 Å². The molecule has 4 aromatic heterocycles. The standard InChI is InChI=1S/C44H41N3O/c1-44(2)30-6-4-3-5-28(30)43(48)37-31(44)17-29-36-32(18-45-40-26-13-20-7-21(14-26)10-24(9-20)34(36)40)47-33-19-46-41-27-15-22-8-23(16-27)12-25(11-22)35(41)38(33)39(37)42(29)47/h3-6,17-27H,7-16H2,1-2H3. The Bertz CT molecular complexity index is 2460. The summed E-state index contributed by atoms with van der Waals surface area (Å²) in [6, 6.07) is 10.9. The number of rotatable bonds is 0. The summed E-state index contributed by atoms with van der Waals surface area (Å²) < 4.78 is 2.54. The largest absolute Gasteiger partial charge is 0.305 e. The molecule has 9 aliphatic carbocycles. The summed E-state index contributed by atoms with van der Waals surface area (Å²) in [6.07, 6.45) is 17.7. The van der Waals surface area contributed by atoms with E-state index in [1.807, 2.05) is 0 Å². The topological polar surface area (TPSA) is 47.3 Å². The molecule has 4 unspecified atom stereocenters. The van der Waals surface area contributed by atoms with Gasteiger partial charge in [0.25, 0.3) is 0 Å². The number of ketones is 1. The SMILES string of the molecule is CC1(C)c2ccccc2C(=O)c2c1cc1c3c4c(ncc3n3c5cnc6c(c5c2c13)C1CC2CC(CC6C2)C1)C1CC2CC(C1)CC4C2. The van der Waals surface area contributed by atoms with Gasteiger partial charge in [0.15, 0.2) is 5.78 Å². The van der Waals surface area contributed by atoms with Crippen LogP contribution in [-0.2, 0) is 5.41 Å². The maximum Gasteiger partial charge on any atom is 0.194 e. The van der Waals surface area contributed by atoms with Gasteiger partial charge in [-0.1, -0.05) is 38.1 Å². The normalized spacial score (nSPS) is 33.4. The average Bonchev–Trinajstić information content (AvgIpc) is 3.47. The van der Waals surface area contributed by atoms with Crippen LogP contribution in [0.5, 0.6) is 0 Å². The van der Waals surface area contributed by atoms with Crippen LogP contribution in [0.4, 0.5) is 0 Å². The second kappa shape index (κ2) is 8.32. The first kappa shape index (κ1) is 26.1. The molecule has 0 N–H and O–H groups in total. The van der Waals surface area contributed by atoms with E-state index in [0.29, 0.717) is 23.7 Å². The minimum absolute atomic E-state index is 0.208. The number of carbonyl (C=O) groups is 1. The van der Waals surface area contributed by atoms with Gasteiger partial charge in [0, 0.05) is 61.3 Å². The zero-order valence-electron chi connectivity index (χ0n) is 28.0. The molecular formula is C44H41N3O. The molecule has 0 aliphatic heterocycles. The summed E-state index contributed by atoms with van der Waals surface area (Å²) in [4.78, 5) is 25.9. The lowest BCUT2D eigenvalue weighted by Gasteiger charge is -2.38. The molecule has 4 heterocycles. The summed E-state index contributed by atoms with van der Waals surface area (Å²) in [5.74, 6) is 5.83. The van der Waals surface area contributed by atoms with Gasteiger partial charge < -0.3 is 4.40 Å². The number of carbonyl (C=O) groups excluding carboxylic acids is 1. The monoisotopic (exact) mass is 627 g/mol. The van der Waals surface area contributed by atoms with E-state index in [1.165, 1.54) is 125 Å². The van der Waals surface area contributed by atoms with Crippen molar-refractivity contribution in [3.63, 3.8) is 0 Å². The van der Waals surface area contributed by atoms with Gasteiger partial charge >= 0.3 is 0 Å². The van der Waals surface area contributed by atoms with E-state index in [-0.39, 0.29) is 11.2 Å². The molecule has 4 heteroatoms. The highest BCUT2D eigenvalue weighted by Gasteiger charge is 2.47. The Labute approximate surface area is 280 Å². The Morgan fingerprint density at radius 3 is 1.81 bits per heavy atom. The van der Waals surface area contributed by atoms with Crippen LogP contribution in [0.3, 0.4) is 0 Å². The van der Waals surface area contributed by atoms with Crippen LogP contribution in [-0.4, -0.2) is 20.2 Å². The molecule has 6 aromatic rings. The number of benzene rings is 2. The Kier molecular flexibility index (Phi) is 4.53. The van der Waals surface area contributed by atoms with E-state index in [4.69, 9.17) is 9.97 Å². The van der Waals surface area contributed by atoms with Crippen molar-refractivity contribution in [3.8, 4) is 0 Å². The number of fused-ring (bicyclic) bond motifs is 9. The minimum atomic E-state index is -0.287. The van der Waals surface area contributed by atoms with Crippen molar-refractivity contribution in [1.29, 1.82) is 0 Å². The first-order valence-electron chi connectivity index (χ1n) is 19.1. The van der Waals surface area contributed by atoms with E-state index in [9.17, 15) is 0 Å². The smallest absolute Gasteiger partial charge is 0.194 e. The summed E-state index contributed by atoms with van der Waals surface area (Å²) in [6.45, 7) is 4.72. The van der Waals surface area contributed by atoms with Crippen molar-refractivity contribution < 1.29 is 4.79 Å². The molecule has 0 saturated heterocycles. The van der Waals surface area contributed by atoms with Crippen molar-refractivity contribution in [3.05, 3.63) is 87.5 Å². The Balaban J connectivity index is 1.25.